The molecule has 0 radical (unpaired) electrons. The molecule has 0 bridgehead atoms. The standard InChI is InChI=1S/C15H22N2O3/c1-3-20-15(19)12-5-4-6-13(14(12)16)17-8-7-11(9-17)10(2)18/h4-6,10-11,18H,3,7-9,16H2,1-2H3. The van der Waals surface area contributed by atoms with Crippen molar-refractivity contribution in [3.05, 3.63) is 23.8 Å². The van der Waals surface area contributed by atoms with E-state index >= 15 is 0 Å². The van der Waals surface area contributed by atoms with Gasteiger partial charge in [0.1, 0.15) is 0 Å². The molecule has 1 aromatic carbocycles. The second-order valence-corrected chi connectivity index (χ2v) is 5.19. The lowest BCUT2D eigenvalue weighted by Crippen LogP contribution is -2.25. The van der Waals surface area contributed by atoms with E-state index in [0.29, 0.717) is 17.9 Å². The first kappa shape index (κ1) is 14.7. The SMILES string of the molecule is CCOC(=O)c1cccc(N2CCC(C(C)O)C2)c1N. The predicted molar refractivity (Wildman–Crippen MR) is 78.8 cm³/mol. The van der Waals surface area contributed by atoms with E-state index in [4.69, 9.17) is 10.5 Å². The van der Waals surface area contributed by atoms with Crippen LogP contribution in [0, 0.1) is 5.92 Å². The average molecular weight is 278 g/mol. The maximum atomic E-state index is 11.8. The maximum Gasteiger partial charge on any atom is 0.340 e. The number of nitrogens with two attached hydrogens (primary N) is 1. The number of aliphatic hydroxyl groups is 1. The Morgan fingerprint density at radius 3 is 2.95 bits per heavy atom. The number of rotatable bonds is 4. The lowest BCUT2D eigenvalue weighted by atomic mass is 10.0. The molecule has 2 unspecified atom stereocenters. The monoisotopic (exact) mass is 278 g/mol. The zero-order valence-corrected chi connectivity index (χ0v) is 12.0. The van der Waals surface area contributed by atoms with Gasteiger partial charge >= 0.3 is 5.97 Å². The van der Waals surface area contributed by atoms with Gasteiger partial charge in [-0.3, -0.25) is 0 Å². The fourth-order valence-corrected chi connectivity index (χ4v) is 2.62. The van der Waals surface area contributed by atoms with Gasteiger partial charge in [0.2, 0.25) is 0 Å². The average Bonchev–Trinajstić information content (AvgIpc) is 2.88. The predicted octanol–water partition coefficient (Wildman–Crippen LogP) is 1.65. The number of esters is 1. The molecule has 1 saturated heterocycles. The number of anilines is 2. The van der Waals surface area contributed by atoms with Crippen molar-refractivity contribution in [3.63, 3.8) is 0 Å². The third-order valence-electron chi connectivity index (χ3n) is 3.83. The second kappa shape index (κ2) is 6.13. The van der Waals surface area contributed by atoms with E-state index < -0.39 is 5.97 Å². The molecule has 0 amide bonds. The van der Waals surface area contributed by atoms with Crippen molar-refractivity contribution < 1.29 is 14.6 Å². The van der Waals surface area contributed by atoms with Crippen LogP contribution < -0.4 is 10.6 Å². The molecular formula is C15H22N2O3. The fourth-order valence-electron chi connectivity index (χ4n) is 2.62. The summed E-state index contributed by atoms with van der Waals surface area (Å²) < 4.78 is 5.01. The number of nitrogens with zero attached hydrogens (tertiary/aromatic N) is 1. The molecule has 2 rings (SSSR count). The summed E-state index contributed by atoms with van der Waals surface area (Å²) in [6.45, 7) is 5.51. The molecule has 0 aromatic heterocycles. The largest absolute Gasteiger partial charge is 0.462 e. The highest BCUT2D eigenvalue weighted by molar-refractivity contribution is 5.98. The summed E-state index contributed by atoms with van der Waals surface area (Å²) in [5.41, 5.74) is 7.82. The van der Waals surface area contributed by atoms with Crippen LogP contribution in [-0.2, 0) is 4.74 Å². The third kappa shape index (κ3) is 2.88. The first-order valence-corrected chi connectivity index (χ1v) is 7.03. The zero-order chi connectivity index (χ0) is 14.7. The van der Waals surface area contributed by atoms with Gasteiger partial charge in [0.05, 0.1) is 29.6 Å². The van der Waals surface area contributed by atoms with Gasteiger partial charge in [-0.15, -0.1) is 0 Å². The summed E-state index contributed by atoms with van der Waals surface area (Å²) in [6, 6.07) is 5.40. The molecule has 110 valence electrons. The first-order chi connectivity index (χ1) is 9.54. The Kier molecular flexibility index (Phi) is 4.49. The molecule has 0 spiro atoms. The lowest BCUT2D eigenvalue weighted by molar-refractivity contribution is 0.0527. The van der Waals surface area contributed by atoms with Gasteiger partial charge in [-0.05, 0) is 32.4 Å². The molecule has 5 nitrogen and oxygen atoms in total. The summed E-state index contributed by atoms with van der Waals surface area (Å²) in [5, 5.41) is 9.67. The van der Waals surface area contributed by atoms with Crippen LogP contribution in [0.2, 0.25) is 0 Å². The number of carbonyl (C=O) groups excluding carboxylic acids is 1. The Morgan fingerprint density at radius 1 is 1.60 bits per heavy atom. The number of hydrogen-bond donors (Lipinski definition) is 2. The van der Waals surface area contributed by atoms with Crippen molar-refractivity contribution in [2.75, 3.05) is 30.3 Å². The fraction of sp³-hybridized carbons (Fsp3) is 0.533. The van der Waals surface area contributed by atoms with E-state index in [9.17, 15) is 9.90 Å². The number of nitrogen functional groups attached to an aromatic ring is 1. The lowest BCUT2D eigenvalue weighted by Gasteiger charge is -2.22. The molecule has 1 fully saturated rings. The first-order valence-electron chi connectivity index (χ1n) is 7.03. The highest BCUT2D eigenvalue weighted by Crippen LogP contribution is 2.32. The number of benzene rings is 1. The van der Waals surface area contributed by atoms with Crippen LogP contribution in [0.25, 0.3) is 0 Å². The maximum absolute atomic E-state index is 11.8. The summed E-state index contributed by atoms with van der Waals surface area (Å²) in [6.07, 6.45) is 0.607. The minimum Gasteiger partial charge on any atom is -0.462 e. The van der Waals surface area contributed by atoms with Crippen molar-refractivity contribution in [2.24, 2.45) is 5.92 Å². The number of aliphatic hydroxyl groups excluding tert-OH is 1. The van der Waals surface area contributed by atoms with E-state index in [1.165, 1.54) is 0 Å². The molecule has 0 saturated carbocycles. The molecule has 20 heavy (non-hydrogen) atoms. The minimum atomic E-state index is -0.391. The summed E-state index contributed by atoms with van der Waals surface area (Å²) >= 11 is 0. The van der Waals surface area contributed by atoms with E-state index in [-0.39, 0.29) is 12.0 Å². The van der Waals surface area contributed by atoms with Crippen molar-refractivity contribution in [2.45, 2.75) is 26.4 Å². The quantitative estimate of drug-likeness (QED) is 0.647. The van der Waals surface area contributed by atoms with Crippen molar-refractivity contribution >= 4 is 17.3 Å². The molecule has 1 aliphatic heterocycles. The molecule has 1 aliphatic rings. The van der Waals surface area contributed by atoms with Crippen LogP contribution >= 0.6 is 0 Å². The Bertz CT molecular complexity index is 488. The van der Waals surface area contributed by atoms with E-state index in [0.717, 1.165) is 25.2 Å². The number of hydrogen-bond acceptors (Lipinski definition) is 5. The van der Waals surface area contributed by atoms with E-state index in [1.54, 1.807) is 13.0 Å². The van der Waals surface area contributed by atoms with Crippen LogP contribution in [0.1, 0.15) is 30.6 Å². The van der Waals surface area contributed by atoms with Crippen LogP contribution in [0.5, 0.6) is 0 Å². The molecule has 1 heterocycles. The van der Waals surface area contributed by atoms with Gasteiger partial charge in [0.15, 0.2) is 0 Å². The third-order valence-corrected chi connectivity index (χ3v) is 3.83. The smallest absolute Gasteiger partial charge is 0.340 e. The van der Waals surface area contributed by atoms with Gasteiger partial charge in [-0.1, -0.05) is 6.07 Å². The molecule has 1 aromatic rings. The van der Waals surface area contributed by atoms with Crippen molar-refractivity contribution in [1.29, 1.82) is 0 Å². The van der Waals surface area contributed by atoms with Crippen LogP contribution in [0.15, 0.2) is 18.2 Å². The van der Waals surface area contributed by atoms with E-state index in [1.807, 2.05) is 19.1 Å². The second-order valence-electron chi connectivity index (χ2n) is 5.19. The normalized spacial score (nSPS) is 19.9. The van der Waals surface area contributed by atoms with Gasteiger partial charge in [0.25, 0.3) is 0 Å². The zero-order valence-electron chi connectivity index (χ0n) is 12.0. The summed E-state index contributed by atoms with van der Waals surface area (Å²) in [4.78, 5) is 14.0. The van der Waals surface area contributed by atoms with Gasteiger partial charge in [-0.2, -0.15) is 0 Å². The number of carbonyl (C=O) groups is 1. The number of para-hydroxylation sites is 1. The Labute approximate surface area is 119 Å². The molecule has 0 aliphatic carbocycles. The van der Waals surface area contributed by atoms with Crippen LogP contribution in [0.3, 0.4) is 0 Å². The van der Waals surface area contributed by atoms with Crippen molar-refractivity contribution in [1.82, 2.24) is 0 Å². The topological polar surface area (TPSA) is 75.8 Å². The highest BCUT2D eigenvalue weighted by atomic mass is 16.5. The van der Waals surface area contributed by atoms with Gasteiger partial charge in [-0.25, -0.2) is 4.79 Å². The summed E-state index contributed by atoms with van der Waals surface area (Å²) in [5.74, 6) is -0.140. The Morgan fingerprint density at radius 2 is 2.35 bits per heavy atom. The van der Waals surface area contributed by atoms with Crippen LogP contribution in [0.4, 0.5) is 11.4 Å². The molecule has 3 N–H and O–H groups in total. The number of ether oxygens (including phenoxy) is 1. The Balaban J connectivity index is 2.21. The van der Waals surface area contributed by atoms with Gasteiger partial charge < -0.3 is 20.5 Å². The molecule has 2 atom stereocenters. The molecular weight excluding hydrogens is 256 g/mol. The van der Waals surface area contributed by atoms with Crippen molar-refractivity contribution in [3.8, 4) is 0 Å². The van der Waals surface area contributed by atoms with Gasteiger partial charge in [0, 0.05) is 19.0 Å². The van der Waals surface area contributed by atoms with Crippen LogP contribution in [-0.4, -0.2) is 36.9 Å². The van der Waals surface area contributed by atoms with E-state index in [2.05, 4.69) is 4.90 Å². The highest BCUT2D eigenvalue weighted by Gasteiger charge is 2.28. The molecule has 5 heteroatoms. The Hall–Kier alpha value is -1.75. The minimum absolute atomic E-state index is 0.251. The summed E-state index contributed by atoms with van der Waals surface area (Å²) in [7, 11) is 0.